The molecule has 9 heteroatoms. The van der Waals surface area contributed by atoms with E-state index in [9.17, 15) is 21.6 Å². The Hall–Kier alpha value is -2.13. The molecular weight excluding hydrogens is 393 g/mol. The van der Waals surface area contributed by atoms with Crippen LogP contribution in [0.3, 0.4) is 0 Å². The molecule has 0 bridgehead atoms. The number of pyridine rings is 1. The maximum absolute atomic E-state index is 13.3. The van der Waals surface area contributed by atoms with Gasteiger partial charge in [-0.2, -0.15) is 13.2 Å². The number of hydrogen-bond donors (Lipinski definition) is 0. The van der Waals surface area contributed by atoms with Gasteiger partial charge in [-0.25, -0.2) is 13.4 Å². The predicted octanol–water partition coefficient (Wildman–Crippen LogP) is 3.79. The maximum Gasteiger partial charge on any atom is 0.417 e. The summed E-state index contributed by atoms with van der Waals surface area (Å²) < 4.78 is 68.9. The number of hydrogen-bond acceptors (Lipinski definition) is 5. The van der Waals surface area contributed by atoms with Gasteiger partial charge in [-0.1, -0.05) is 12.1 Å². The fourth-order valence-electron chi connectivity index (χ4n) is 3.43. The lowest BCUT2D eigenvalue weighted by Crippen LogP contribution is -2.34. The molecule has 3 rings (SSSR count). The van der Waals surface area contributed by atoms with Gasteiger partial charge < -0.3 is 9.64 Å². The van der Waals surface area contributed by atoms with Crippen molar-refractivity contribution in [2.45, 2.75) is 30.0 Å². The molecule has 0 saturated carbocycles. The molecule has 0 unspecified atom stereocenters. The lowest BCUT2D eigenvalue weighted by atomic mass is 10.0. The molecule has 1 aromatic heterocycles. The van der Waals surface area contributed by atoms with Crippen molar-refractivity contribution in [3.63, 3.8) is 0 Å². The largest absolute Gasteiger partial charge is 0.417 e. The first kappa shape index (κ1) is 20.6. The average molecular weight is 414 g/mol. The molecule has 1 aliphatic heterocycles. The molecule has 0 amide bonds. The fraction of sp³-hybridized carbons (Fsp3) is 0.421. The molecule has 1 aromatic carbocycles. The first-order chi connectivity index (χ1) is 13.1. The van der Waals surface area contributed by atoms with E-state index in [2.05, 4.69) is 4.98 Å². The summed E-state index contributed by atoms with van der Waals surface area (Å²) in [7, 11) is -1.92. The van der Waals surface area contributed by atoms with Gasteiger partial charge in [0.25, 0.3) is 0 Å². The number of sulfone groups is 1. The molecule has 5 nitrogen and oxygen atoms in total. The number of halogens is 3. The van der Waals surface area contributed by atoms with E-state index in [4.69, 9.17) is 4.74 Å². The number of rotatable bonds is 5. The Labute approximate surface area is 162 Å². The molecule has 1 fully saturated rings. The first-order valence-electron chi connectivity index (χ1n) is 8.74. The molecule has 1 atom stereocenters. The minimum absolute atomic E-state index is 0.00563. The third-order valence-electron chi connectivity index (χ3n) is 4.78. The molecule has 0 spiro atoms. The average Bonchev–Trinajstić information content (AvgIpc) is 3.08. The monoisotopic (exact) mass is 414 g/mol. The van der Waals surface area contributed by atoms with Crippen LogP contribution in [0.4, 0.5) is 19.0 Å². The van der Waals surface area contributed by atoms with Gasteiger partial charge in [0.1, 0.15) is 5.82 Å². The summed E-state index contributed by atoms with van der Waals surface area (Å²) in [5, 5.41) is 0. The Morgan fingerprint density at radius 3 is 2.68 bits per heavy atom. The number of alkyl halides is 3. The summed E-state index contributed by atoms with van der Waals surface area (Å²) in [6.07, 6.45) is -0.946. The lowest BCUT2D eigenvalue weighted by molar-refractivity contribution is -0.137. The van der Waals surface area contributed by atoms with E-state index in [0.717, 1.165) is 31.4 Å². The van der Waals surface area contributed by atoms with Gasteiger partial charge >= 0.3 is 6.18 Å². The van der Waals surface area contributed by atoms with Crippen LogP contribution in [0.15, 0.2) is 41.4 Å². The van der Waals surface area contributed by atoms with E-state index < -0.39 is 21.6 Å². The van der Waals surface area contributed by atoms with E-state index in [-0.39, 0.29) is 16.5 Å². The molecule has 0 radical (unpaired) electrons. The van der Waals surface area contributed by atoms with Crippen molar-refractivity contribution < 1.29 is 26.3 Å². The number of methoxy groups -OCH3 is 1. The number of anilines is 1. The molecule has 152 valence electrons. The van der Waals surface area contributed by atoms with Crippen LogP contribution >= 0.6 is 0 Å². The van der Waals surface area contributed by atoms with Crippen LogP contribution in [-0.2, 0) is 20.8 Å². The zero-order chi connectivity index (χ0) is 20.5. The molecular formula is C19H21F3N2O3S. The van der Waals surface area contributed by atoms with Crippen molar-refractivity contribution in [1.29, 1.82) is 0 Å². The molecule has 2 heterocycles. The summed E-state index contributed by atoms with van der Waals surface area (Å²) in [4.78, 5) is 6.11. The summed E-state index contributed by atoms with van der Waals surface area (Å²) in [6.45, 7) is 1.08. The van der Waals surface area contributed by atoms with Crippen LogP contribution in [0.5, 0.6) is 0 Å². The standard InChI is InChI=1S/C19H21F3N2O3S/c1-27-12-15-6-4-8-24(15)18-17(10-14(11-23-18)19(20,21)22)13-5-3-7-16(9-13)28(2,25)26/h3,5,7,9-11,15H,4,6,8,12H2,1-2H3/t15-/m0/s1. The van der Waals surface area contributed by atoms with Gasteiger partial charge in [-0.05, 0) is 36.6 Å². The van der Waals surface area contributed by atoms with E-state index in [1.807, 2.05) is 4.90 Å². The number of benzene rings is 1. The third kappa shape index (κ3) is 4.30. The minimum Gasteiger partial charge on any atom is -0.383 e. The van der Waals surface area contributed by atoms with E-state index >= 15 is 0 Å². The fourth-order valence-corrected chi connectivity index (χ4v) is 4.10. The molecule has 1 saturated heterocycles. The molecule has 2 aromatic rings. The highest BCUT2D eigenvalue weighted by Gasteiger charge is 2.34. The summed E-state index contributed by atoms with van der Waals surface area (Å²) in [6, 6.07) is 6.96. The second-order valence-corrected chi connectivity index (χ2v) is 8.85. The predicted molar refractivity (Wildman–Crippen MR) is 100 cm³/mol. The van der Waals surface area contributed by atoms with E-state index in [0.29, 0.717) is 24.5 Å². The minimum atomic E-state index is -4.55. The highest BCUT2D eigenvalue weighted by molar-refractivity contribution is 7.90. The SMILES string of the molecule is COC[C@@H]1CCCN1c1ncc(C(F)(F)F)cc1-c1cccc(S(C)(=O)=O)c1. The summed E-state index contributed by atoms with van der Waals surface area (Å²) in [5.41, 5.74) is -0.249. The third-order valence-corrected chi connectivity index (χ3v) is 5.89. The van der Waals surface area contributed by atoms with Crippen molar-refractivity contribution in [3.8, 4) is 11.1 Å². The second kappa shape index (κ2) is 7.71. The number of ether oxygens (including phenoxy) is 1. The van der Waals surface area contributed by atoms with Gasteiger partial charge in [-0.3, -0.25) is 0 Å². The maximum atomic E-state index is 13.3. The molecule has 1 aliphatic rings. The van der Waals surface area contributed by atoms with Crippen molar-refractivity contribution in [1.82, 2.24) is 4.98 Å². The highest BCUT2D eigenvalue weighted by atomic mass is 32.2. The smallest absolute Gasteiger partial charge is 0.383 e. The van der Waals surface area contributed by atoms with E-state index in [1.165, 1.54) is 18.2 Å². The lowest BCUT2D eigenvalue weighted by Gasteiger charge is -2.28. The Bertz CT molecular complexity index is 961. The van der Waals surface area contributed by atoms with Crippen molar-refractivity contribution >= 4 is 15.7 Å². The number of nitrogens with zero attached hydrogens (tertiary/aromatic N) is 2. The number of aromatic nitrogens is 1. The Balaban J connectivity index is 2.17. The molecule has 28 heavy (non-hydrogen) atoms. The Kier molecular flexibility index (Phi) is 5.67. The summed E-state index contributed by atoms with van der Waals surface area (Å²) >= 11 is 0. The molecule has 0 N–H and O–H groups in total. The topological polar surface area (TPSA) is 59.5 Å². The van der Waals surface area contributed by atoms with Gasteiger partial charge in [0.05, 0.1) is 23.1 Å². The van der Waals surface area contributed by atoms with E-state index in [1.54, 1.807) is 13.2 Å². The van der Waals surface area contributed by atoms with Crippen LogP contribution in [-0.4, -0.2) is 46.0 Å². The van der Waals surface area contributed by atoms with Gasteiger partial charge in [0.15, 0.2) is 9.84 Å². The Morgan fingerprint density at radius 2 is 2.04 bits per heavy atom. The summed E-state index contributed by atoms with van der Waals surface area (Å²) in [5.74, 6) is 0.401. The van der Waals surface area contributed by atoms with Crippen LogP contribution in [0, 0.1) is 0 Å². The van der Waals surface area contributed by atoms with Gasteiger partial charge in [0, 0.05) is 31.7 Å². The highest BCUT2D eigenvalue weighted by Crippen LogP contribution is 2.38. The molecule has 0 aliphatic carbocycles. The van der Waals surface area contributed by atoms with Gasteiger partial charge in [0.2, 0.25) is 0 Å². The van der Waals surface area contributed by atoms with Crippen LogP contribution in [0.25, 0.3) is 11.1 Å². The van der Waals surface area contributed by atoms with Crippen LogP contribution in [0.2, 0.25) is 0 Å². The van der Waals surface area contributed by atoms with Crippen molar-refractivity contribution in [2.75, 3.05) is 31.4 Å². The van der Waals surface area contributed by atoms with Crippen LogP contribution in [0.1, 0.15) is 18.4 Å². The van der Waals surface area contributed by atoms with Gasteiger partial charge in [-0.15, -0.1) is 0 Å². The quantitative estimate of drug-likeness (QED) is 0.745. The normalized spacial score (nSPS) is 17.9. The van der Waals surface area contributed by atoms with Crippen LogP contribution < -0.4 is 4.90 Å². The first-order valence-corrected chi connectivity index (χ1v) is 10.6. The Morgan fingerprint density at radius 1 is 1.29 bits per heavy atom. The van der Waals surface area contributed by atoms with Crippen molar-refractivity contribution in [3.05, 3.63) is 42.1 Å². The zero-order valence-electron chi connectivity index (χ0n) is 15.5. The second-order valence-electron chi connectivity index (χ2n) is 6.84. The zero-order valence-corrected chi connectivity index (χ0v) is 16.3. The van der Waals surface area contributed by atoms with Crippen molar-refractivity contribution in [2.24, 2.45) is 0 Å².